The van der Waals surface area contributed by atoms with Gasteiger partial charge in [-0.15, -0.1) is 0 Å². The molecule has 2 unspecified atom stereocenters. The summed E-state index contributed by atoms with van der Waals surface area (Å²) in [6, 6.07) is 0. The van der Waals surface area contributed by atoms with Crippen LogP contribution in [-0.4, -0.2) is 11.2 Å². The van der Waals surface area contributed by atoms with Gasteiger partial charge in [0.15, 0.2) is 0 Å². The standard InChI is InChI=1S/C14H24O/c1-14(2)10-6-9-12(14)13(15)11-7-4-3-5-8-11/h7,12-13,15H,3-6,8-10H2,1-2H3. The van der Waals surface area contributed by atoms with Crippen LogP contribution >= 0.6 is 0 Å². The highest BCUT2D eigenvalue weighted by Crippen LogP contribution is 2.46. The van der Waals surface area contributed by atoms with Gasteiger partial charge in [-0.3, -0.25) is 0 Å². The molecule has 0 aromatic rings. The smallest absolute Gasteiger partial charge is 0.0783 e. The molecule has 0 aliphatic heterocycles. The number of aliphatic hydroxyl groups is 1. The predicted molar refractivity (Wildman–Crippen MR) is 63.7 cm³/mol. The van der Waals surface area contributed by atoms with E-state index in [2.05, 4.69) is 19.9 Å². The first-order chi connectivity index (χ1) is 7.11. The van der Waals surface area contributed by atoms with Gasteiger partial charge in [-0.2, -0.15) is 0 Å². The van der Waals surface area contributed by atoms with Crippen LogP contribution in [0.3, 0.4) is 0 Å². The lowest BCUT2D eigenvalue weighted by molar-refractivity contribution is 0.0769. The molecule has 2 aliphatic rings. The van der Waals surface area contributed by atoms with Crippen molar-refractivity contribution in [3.05, 3.63) is 11.6 Å². The van der Waals surface area contributed by atoms with Crippen LogP contribution in [-0.2, 0) is 0 Å². The zero-order valence-corrected chi connectivity index (χ0v) is 10.1. The fourth-order valence-electron chi connectivity index (χ4n) is 3.33. The summed E-state index contributed by atoms with van der Waals surface area (Å²) < 4.78 is 0. The highest BCUT2D eigenvalue weighted by Gasteiger charge is 2.39. The van der Waals surface area contributed by atoms with Gasteiger partial charge in [-0.25, -0.2) is 0 Å². The molecule has 0 aromatic carbocycles. The minimum Gasteiger partial charge on any atom is -0.388 e. The summed E-state index contributed by atoms with van der Waals surface area (Å²) in [4.78, 5) is 0. The van der Waals surface area contributed by atoms with E-state index < -0.39 is 0 Å². The summed E-state index contributed by atoms with van der Waals surface area (Å²) in [5, 5.41) is 10.4. The minimum atomic E-state index is -0.150. The number of hydrogen-bond acceptors (Lipinski definition) is 1. The third-order valence-electron chi connectivity index (χ3n) is 4.43. The lowest BCUT2D eigenvalue weighted by Gasteiger charge is -2.33. The van der Waals surface area contributed by atoms with Gasteiger partial charge >= 0.3 is 0 Å². The van der Waals surface area contributed by atoms with E-state index in [1.165, 1.54) is 44.1 Å². The van der Waals surface area contributed by atoms with Crippen LogP contribution in [0.4, 0.5) is 0 Å². The Morgan fingerprint density at radius 3 is 2.67 bits per heavy atom. The summed E-state index contributed by atoms with van der Waals surface area (Å²) in [7, 11) is 0. The van der Waals surface area contributed by atoms with Crippen LogP contribution in [0, 0.1) is 11.3 Å². The Balaban J connectivity index is 2.06. The second-order valence-corrected chi connectivity index (χ2v) is 5.96. The number of allylic oxidation sites excluding steroid dienone is 1. The second kappa shape index (κ2) is 4.29. The molecule has 2 atom stereocenters. The van der Waals surface area contributed by atoms with Gasteiger partial charge in [0.1, 0.15) is 0 Å². The molecule has 1 heteroatoms. The Bertz CT molecular complexity index is 252. The molecule has 1 saturated carbocycles. The first-order valence-corrected chi connectivity index (χ1v) is 6.48. The van der Waals surface area contributed by atoms with Crippen LogP contribution in [0.5, 0.6) is 0 Å². The van der Waals surface area contributed by atoms with Gasteiger partial charge in [0, 0.05) is 0 Å². The summed E-state index contributed by atoms with van der Waals surface area (Å²) in [6.45, 7) is 4.63. The SMILES string of the molecule is CC1(C)CCCC1C(O)C1=CCCCC1. The molecular formula is C14H24O. The van der Waals surface area contributed by atoms with Crippen molar-refractivity contribution in [1.29, 1.82) is 0 Å². The van der Waals surface area contributed by atoms with Crippen molar-refractivity contribution in [3.8, 4) is 0 Å². The summed E-state index contributed by atoms with van der Waals surface area (Å²) in [5.41, 5.74) is 1.68. The largest absolute Gasteiger partial charge is 0.388 e. The molecule has 2 aliphatic carbocycles. The van der Waals surface area contributed by atoms with Crippen molar-refractivity contribution in [2.24, 2.45) is 11.3 Å². The predicted octanol–water partition coefficient (Wildman–Crippen LogP) is 3.67. The maximum atomic E-state index is 10.4. The topological polar surface area (TPSA) is 20.2 Å². The molecule has 0 saturated heterocycles. The highest BCUT2D eigenvalue weighted by atomic mass is 16.3. The highest BCUT2D eigenvalue weighted by molar-refractivity contribution is 5.14. The van der Waals surface area contributed by atoms with Gasteiger partial charge in [0.05, 0.1) is 6.10 Å². The van der Waals surface area contributed by atoms with E-state index in [4.69, 9.17) is 0 Å². The third-order valence-corrected chi connectivity index (χ3v) is 4.43. The normalized spacial score (nSPS) is 32.5. The van der Waals surface area contributed by atoms with E-state index in [9.17, 15) is 5.11 Å². The van der Waals surface area contributed by atoms with Gasteiger partial charge < -0.3 is 5.11 Å². The maximum Gasteiger partial charge on any atom is 0.0783 e. The number of rotatable bonds is 2. The fourth-order valence-corrected chi connectivity index (χ4v) is 3.33. The summed E-state index contributed by atoms with van der Waals surface area (Å²) in [5.74, 6) is 0.502. The van der Waals surface area contributed by atoms with Crippen LogP contribution in [0.25, 0.3) is 0 Å². The molecule has 0 radical (unpaired) electrons. The average Bonchev–Trinajstić information content (AvgIpc) is 2.58. The zero-order chi connectivity index (χ0) is 10.9. The maximum absolute atomic E-state index is 10.4. The number of aliphatic hydroxyl groups excluding tert-OH is 1. The quantitative estimate of drug-likeness (QED) is 0.686. The van der Waals surface area contributed by atoms with E-state index in [1.54, 1.807) is 0 Å². The first kappa shape index (κ1) is 11.2. The van der Waals surface area contributed by atoms with Gasteiger partial charge in [-0.05, 0) is 55.4 Å². The molecule has 1 fully saturated rings. The molecule has 0 spiro atoms. The minimum absolute atomic E-state index is 0.150. The molecule has 0 bridgehead atoms. The summed E-state index contributed by atoms with van der Waals surface area (Å²) >= 11 is 0. The van der Waals surface area contributed by atoms with E-state index in [0.717, 1.165) is 6.42 Å². The molecule has 0 heterocycles. The first-order valence-electron chi connectivity index (χ1n) is 6.48. The zero-order valence-electron chi connectivity index (χ0n) is 10.1. The van der Waals surface area contributed by atoms with E-state index in [0.29, 0.717) is 11.3 Å². The monoisotopic (exact) mass is 208 g/mol. The Morgan fingerprint density at radius 2 is 2.13 bits per heavy atom. The molecule has 2 rings (SSSR count). The molecule has 86 valence electrons. The van der Waals surface area contributed by atoms with Gasteiger partial charge in [0.2, 0.25) is 0 Å². The van der Waals surface area contributed by atoms with Crippen molar-refractivity contribution in [2.75, 3.05) is 0 Å². The number of hydrogen-bond donors (Lipinski definition) is 1. The van der Waals surface area contributed by atoms with Gasteiger partial charge in [-0.1, -0.05) is 26.3 Å². The van der Waals surface area contributed by atoms with Crippen LogP contribution in [0.15, 0.2) is 11.6 Å². The Kier molecular flexibility index (Phi) is 3.20. The molecular weight excluding hydrogens is 184 g/mol. The van der Waals surface area contributed by atoms with Crippen LogP contribution in [0.2, 0.25) is 0 Å². The Morgan fingerprint density at radius 1 is 1.33 bits per heavy atom. The molecule has 1 nitrogen and oxygen atoms in total. The van der Waals surface area contributed by atoms with Crippen molar-refractivity contribution >= 4 is 0 Å². The van der Waals surface area contributed by atoms with Gasteiger partial charge in [0.25, 0.3) is 0 Å². The van der Waals surface area contributed by atoms with Crippen molar-refractivity contribution < 1.29 is 5.11 Å². The van der Waals surface area contributed by atoms with Crippen LogP contribution < -0.4 is 0 Å². The molecule has 1 N–H and O–H groups in total. The third kappa shape index (κ3) is 2.28. The van der Waals surface area contributed by atoms with Crippen molar-refractivity contribution in [1.82, 2.24) is 0 Å². The Hall–Kier alpha value is -0.300. The molecule has 0 aromatic heterocycles. The fraction of sp³-hybridized carbons (Fsp3) is 0.857. The van der Waals surface area contributed by atoms with E-state index in [-0.39, 0.29) is 6.10 Å². The van der Waals surface area contributed by atoms with E-state index >= 15 is 0 Å². The molecule has 15 heavy (non-hydrogen) atoms. The molecule has 0 amide bonds. The average molecular weight is 208 g/mol. The second-order valence-electron chi connectivity index (χ2n) is 5.96. The lowest BCUT2D eigenvalue weighted by atomic mass is 9.75. The van der Waals surface area contributed by atoms with Crippen molar-refractivity contribution in [2.45, 2.75) is 64.9 Å². The van der Waals surface area contributed by atoms with Crippen LogP contribution in [0.1, 0.15) is 58.8 Å². The van der Waals surface area contributed by atoms with E-state index in [1.807, 2.05) is 0 Å². The lowest BCUT2D eigenvalue weighted by Crippen LogP contribution is -2.31. The van der Waals surface area contributed by atoms with Crippen molar-refractivity contribution in [3.63, 3.8) is 0 Å². The Labute approximate surface area is 93.6 Å². The summed E-state index contributed by atoms with van der Waals surface area (Å²) in [6.07, 6.45) is 10.8.